The predicted molar refractivity (Wildman–Crippen MR) is 64.0 cm³/mol. The molecule has 0 saturated carbocycles. The van der Waals surface area contributed by atoms with Crippen LogP contribution in [0.1, 0.15) is 29.8 Å². The van der Waals surface area contributed by atoms with E-state index < -0.39 is 0 Å². The Morgan fingerprint density at radius 2 is 2.38 bits per heavy atom. The number of hydrogen-bond acceptors (Lipinski definition) is 4. The third-order valence-corrected chi connectivity index (χ3v) is 3.88. The second-order valence-corrected chi connectivity index (χ2v) is 4.91. The number of aromatic nitrogens is 2. The van der Waals surface area contributed by atoms with Gasteiger partial charge in [0.25, 0.3) is 0 Å². The SMILES string of the molecule is CC(c1ccsc1)N1Cc2cncnc2C1. The third-order valence-electron chi connectivity index (χ3n) is 3.18. The molecule has 3 rings (SSSR count). The number of thiophene rings is 1. The Hall–Kier alpha value is -1.26. The first-order valence-electron chi connectivity index (χ1n) is 5.38. The highest BCUT2D eigenvalue weighted by Gasteiger charge is 2.25. The van der Waals surface area contributed by atoms with Crippen LogP contribution in [-0.4, -0.2) is 14.9 Å². The van der Waals surface area contributed by atoms with Gasteiger partial charge in [-0.05, 0) is 29.3 Å². The molecule has 0 radical (unpaired) electrons. The highest BCUT2D eigenvalue weighted by Crippen LogP contribution is 2.30. The van der Waals surface area contributed by atoms with Gasteiger partial charge in [0.05, 0.1) is 5.69 Å². The second-order valence-electron chi connectivity index (χ2n) is 4.13. The topological polar surface area (TPSA) is 29.0 Å². The largest absolute Gasteiger partial charge is 0.286 e. The molecular weight excluding hydrogens is 218 g/mol. The molecule has 0 aromatic carbocycles. The number of rotatable bonds is 2. The molecular formula is C12H13N3S. The van der Waals surface area contributed by atoms with Gasteiger partial charge >= 0.3 is 0 Å². The predicted octanol–water partition coefficient (Wildman–Crippen LogP) is 2.61. The van der Waals surface area contributed by atoms with Gasteiger partial charge in [-0.1, -0.05) is 0 Å². The fourth-order valence-corrected chi connectivity index (χ4v) is 2.87. The first-order chi connectivity index (χ1) is 7.84. The molecule has 0 N–H and O–H groups in total. The van der Waals surface area contributed by atoms with Crippen LogP contribution in [-0.2, 0) is 13.1 Å². The molecule has 0 bridgehead atoms. The molecule has 3 nitrogen and oxygen atoms in total. The maximum absolute atomic E-state index is 4.32. The average molecular weight is 231 g/mol. The quantitative estimate of drug-likeness (QED) is 0.795. The van der Waals surface area contributed by atoms with Crippen LogP contribution in [0.15, 0.2) is 29.4 Å². The zero-order valence-electron chi connectivity index (χ0n) is 9.13. The van der Waals surface area contributed by atoms with Crippen LogP contribution in [0.25, 0.3) is 0 Å². The van der Waals surface area contributed by atoms with E-state index in [-0.39, 0.29) is 0 Å². The molecule has 2 aromatic heterocycles. The Labute approximate surface area is 98.8 Å². The van der Waals surface area contributed by atoms with E-state index in [0.29, 0.717) is 6.04 Å². The summed E-state index contributed by atoms with van der Waals surface area (Å²) < 4.78 is 0. The number of fused-ring (bicyclic) bond motifs is 1. The van der Waals surface area contributed by atoms with Gasteiger partial charge in [-0.3, -0.25) is 4.90 Å². The molecule has 0 saturated heterocycles. The molecule has 1 unspecified atom stereocenters. The summed E-state index contributed by atoms with van der Waals surface area (Å²) in [5.74, 6) is 0. The maximum Gasteiger partial charge on any atom is 0.115 e. The Balaban J connectivity index is 1.81. The van der Waals surface area contributed by atoms with Crippen LogP contribution in [0.3, 0.4) is 0 Å². The summed E-state index contributed by atoms with van der Waals surface area (Å²) in [5, 5.41) is 4.36. The van der Waals surface area contributed by atoms with Crippen molar-refractivity contribution in [2.24, 2.45) is 0 Å². The van der Waals surface area contributed by atoms with E-state index in [4.69, 9.17) is 0 Å². The van der Waals surface area contributed by atoms with Crippen molar-refractivity contribution >= 4 is 11.3 Å². The maximum atomic E-state index is 4.32. The van der Waals surface area contributed by atoms with Gasteiger partial charge in [0.1, 0.15) is 6.33 Å². The normalized spacial score (nSPS) is 17.3. The van der Waals surface area contributed by atoms with Crippen molar-refractivity contribution in [3.63, 3.8) is 0 Å². The summed E-state index contributed by atoms with van der Waals surface area (Å²) in [6.07, 6.45) is 3.57. The summed E-state index contributed by atoms with van der Waals surface area (Å²) in [6, 6.07) is 2.66. The smallest absolute Gasteiger partial charge is 0.115 e. The van der Waals surface area contributed by atoms with E-state index in [9.17, 15) is 0 Å². The van der Waals surface area contributed by atoms with Crippen molar-refractivity contribution in [1.29, 1.82) is 0 Å². The van der Waals surface area contributed by atoms with Gasteiger partial charge in [0, 0.05) is 30.9 Å². The highest BCUT2D eigenvalue weighted by molar-refractivity contribution is 7.07. The van der Waals surface area contributed by atoms with Crippen molar-refractivity contribution in [3.8, 4) is 0 Å². The van der Waals surface area contributed by atoms with Gasteiger partial charge in [-0.2, -0.15) is 11.3 Å². The van der Waals surface area contributed by atoms with Crippen molar-refractivity contribution in [1.82, 2.24) is 14.9 Å². The third kappa shape index (κ3) is 1.64. The summed E-state index contributed by atoms with van der Waals surface area (Å²) in [5.41, 5.74) is 3.84. The van der Waals surface area contributed by atoms with Gasteiger partial charge in [0.15, 0.2) is 0 Å². The molecule has 0 fully saturated rings. The van der Waals surface area contributed by atoms with Crippen LogP contribution in [0.2, 0.25) is 0 Å². The second kappa shape index (κ2) is 3.96. The fourth-order valence-electron chi connectivity index (χ4n) is 2.12. The van der Waals surface area contributed by atoms with Crippen molar-refractivity contribution in [2.45, 2.75) is 26.1 Å². The van der Waals surface area contributed by atoms with Crippen molar-refractivity contribution in [3.05, 3.63) is 46.2 Å². The minimum absolute atomic E-state index is 0.459. The average Bonchev–Trinajstić information content (AvgIpc) is 2.97. The number of hydrogen-bond donors (Lipinski definition) is 0. The lowest BCUT2D eigenvalue weighted by molar-refractivity contribution is 0.214. The summed E-state index contributed by atoms with van der Waals surface area (Å²) >= 11 is 1.76. The van der Waals surface area contributed by atoms with Crippen LogP contribution in [0.5, 0.6) is 0 Å². The standard InChI is InChI=1S/C12H13N3S/c1-9(10-2-3-16-7-10)15-5-11-4-13-8-14-12(11)6-15/h2-4,7-9H,5-6H2,1H3. The monoisotopic (exact) mass is 231 g/mol. The van der Waals surface area contributed by atoms with E-state index >= 15 is 0 Å². The van der Waals surface area contributed by atoms with Crippen LogP contribution in [0.4, 0.5) is 0 Å². The number of nitrogens with zero attached hydrogens (tertiary/aromatic N) is 3. The molecule has 16 heavy (non-hydrogen) atoms. The minimum atomic E-state index is 0.459. The highest BCUT2D eigenvalue weighted by atomic mass is 32.1. The lowest BCUT2D eigenvalue weighted by atomic mass is 10.1. The van der Waals surface area contributed by atoms with E-state index in [0.717, 1.165) is 13.1 Å². The van der Waals surface area contributed by atoms with E-state index in [1.165, 1.54) is 16.8 Å². The lowest BCUT2D eigenvalue weighted by Gasteiger charge is -2.22. The van der Waals surface area contributed by atoms with E-state index in [1.807, 2.05) is 6.20 Å². The Morgan fingerprint density at radius 1 is 1.44 bits per heavy atom. The zero-order valence-corrected chi connectivity index (χ0v) is 9.94. The molecule has 1 aliphatic rings. The molecule has 4 heteroatoms. The first kappa shape index (κ1) is 9.93. The lowest BCUT2D eigenvalue weighted by Crippen LogP contribution is -2.20. The Kier molecular flexibility index (Phi) is 2.46. The van der Waals surface area contributed by atoms with Crippen LogP contribution in [0, 0.1) is 0 Å². The van der Waals surface area contributed by atoms with E-state index in [2.05, 4.69) is 38.6 Å². The van der Waals surface area contributed by atoms with Gasteiger partial charge in [0.2, 0.25) is 0 Å². The fraction of sp³-hybridized carbons (Fsp3) is 0.333. The van der Waals surface area contributed by atoms with Crippen molar-refractivity contribution in [2.75, 3.05) is 0 Å². The van der Waals surface area contributed by atoms with Crippen LogP contribution >= 0.6 is 11.3 Å². The minimum Gasteiger partial charge on any atom is -0.286 e. The first-order valence-corrected chi connectivity index (χ1v) is 6.33. The summed E-state index contributed by atoms with van der Waals surface area (Å²) in [4.78, 5) is 10.8. The summed E-state index contributed by atoms with van der Waals surface area (Å²) in [6.45, 7) is 4.16. The summed E-state index contributed by atoms with van der Waals surface area (Å²) in [7, 11) is 0. The van der Waals surface area contributed by atoms with Gasteiger partial charge in [-0.25, -0.2) is 9.97 Å². The van der Waals surface area contributed by atoms with Gasteiger partial charge < -0.3 is 0 Å². The molecule has 2 aromatic rings. The van der Waals surface area contributed by atoms with Crippen LogP contribution < -0.4 is 0 Å². The molecule has 0 spiro atoms. The van der Waals surface area contributed by atoms with Gasteiger partial charge in [-0.15, -0.1) is 0 Å². The molecule has 0 amide bonds. The molecule has 1 aliphatic heterocycles. The molecule has 1 atom stereocenters. The molecule has 3 heterocycles. The molecule has 82 valence electrons. The van der Waals surface area contributed by atoms with Crippen molar-refractivity contribution < 1.29 is 0 Å². The molecule has 0 aliphatic carbocycles. The zero-order chi connectivity index (χ0) is 11.0. The Bertz CT molecular complexity index is 456. The van der Waals surface area contributed by atoms with E-state index in [1.54, 1.807) is 17.7 Å². The Morgan fingerprint density at radius 3 is 3.12 bits per heavy atom.